The summed E-state index contributed by atoms with van der Waals surface area (Å²) in [7, 11) is 0. The summed E-state index contributed by atoms with van der Waals surface area (Å²) in [4.78, 5) is 9.28. The van der Waals surface area contributed by atoms with E-state index in [-0.39, 0.29) is 10.8 Å². The lowest BCUT2D eigenvalue weighted by molar-refractivity contribution is 0.162. The molecule has 0 saturated heterocycles. The molecule has 0 amide bonds. The number of aromatic nitrogens is 2. The van der Waals surface area contributed by atoms with Gasteiger partial charge in [0, 0.05) is 22.4 Å². The minimum absolute atomic E-state index is 0.00716. The molecule has 2 aromatic rings. The van der Waals surface area contributed by atoms with Gasteiger partial charge >= 0.3 is 0 Å². The van der Waals surface area contributed by atoms with E-state index in [0.717, 1.165) is 36.0 Å². The topological polar surface area (TPSA) is 37.8 Å². The fourth-order valence-electron chi connectivity index (χ4n) is 6.86. The Bertz CT molecular complexity index is 1100. The van der Waals surface area contributed by atoms with Gasteiger partial charge in [0.2, 0.25) is 0 Å². The van der Waals surface area contributed by atoms with Crippen molar-refractivity contribution in [1.29, 1.82) is 0 Å². The molecular formula is C33H47N3. The Morgan fingerprint density at radius 1 is 1.03 bits per heavy atom. The maximum absolute atomic E-state index is 4.64. The molecule has 3 nitrogen and oxygen atoms in total. The third-order valence-corrected chi connectivity index (χ3v) is 8.76. The summed E-state index contributed by atoms with van der Waals surface area (Å²) in [5.41, 5.74) is 7.98. The monoisotopic (exact) mass is 485 g/mol. The van der Waals surface area contributed by atoms with Crippen LogP contribution in [0.4, 0.5) is 11.5 Å². The molecule has 2 aliphatic carbocycles. The van der Waals surface area contributed by atoms with Crippen LogP contribution in [0.3, 0.4) is 0 Å². The summed E-state index contributed by atoms with van der Waals surface area (Å²) < 4.78 is 0. The first-order valence-corrected chi connectivity index (χ1v) is 13.8. The number of hydrogen-bond acceptors (Lipinski definition) is 3. The highest BCUT2D eigenvalue weighted by Gasteiger charge is 2.39. The van der Waals surface area contributed by atoms with E-state index in [9.17, 15) is 0 Å². The lowest BCUT2D eigenvalue weighted by atomic mass is 9.60. The Morgan fingerprint density at radius 3 is 2.31 bits per heavy atom. The zero-order chi connectivity index (χ0) is 26.3. The predicted octanol–water partition coefficient (Wildman–Crippen LogP) is 9.21. The molecule has 1 atom stereocenters. The zero-order valence-electron chi connectivity index (χ0n) is 23.8. The Morgan fingerprint density at radius 2 is 1.72 bits per heavy atom. The van der Waals surface area contributed by atoms with E-state index >= 15 is 0 Å². The Hall–Kier alpha value is -2.42. The standard InChI is InChI=1S/C33H47N3/c1-22-17-33(9,18-23(2)26(22)16-25-12-11-15-32(7,8)19-25)27-13-10-14-28(24(27)3)36-30-21-34-29(20-35-30)31(4,5)6/h10,13-14,20-21,25-26H,1-2,11-12,15-19H2,3-9H3,(H,35,36). The molecule has 2 fully saturated rings. The molecule has 194 valence electrons. The third kappa shape index (κ3) is 5.76. The third-order valence-electron chi connectivity index (χ3n) is 8.76. The fourth-order valence-corrected chi connectivity index (χ4v) is 6.86. The normalized spacial score (nSPS) is 26.6. The zero-order valence-corrected chi connectivity index (χ0v) is 23.8. The van der Waals surface area contributed by atoms with E-state index in [1.165, 1.54) is 54.4 Å². The second kappa shape index (κ2) is 9.80. The largest absolute Gasteiger partial charge is 0.339 e. The van der Waals surface area contributed by atoms with E-state index in [1.807, 2.05) is 12.4 Å². The highest BCUT2D eigenvalue weighted by molar-refractivity contribution is 5.63. The first-order chi connectivity index (χ1) is 16.8. The number of hydrogen-bond donors (Lipinski definition) is 1. The highest BCUT2D eigenvalue weighted by atomic mass is 15.0. The van der Waals surface area contributed by atoms with Crippen molar-refractivity contribution in [2.75, 3.05) is 5.32 Å². The van der Waals surface area contributed by atoms with Gasteiger partial charge in [0.15, 0.2) is 0 Å². The Kier molecular flexibility index (Phi) is 7.25. The lowest BCUT2D eigenvalue weighted by Gasteiger charge is -2.44. The summed E-state index contributed by atoms with van der Waals surface area (Å²) in [6, 6.07) is 6.59. The molecule has 1 unspecified atom stereocenters. The van der Waals surface area contributed by atoms with Crippen molar-refractivity contribution in [3.63, 3.8) is 0 Å². The van der Waals surface area contributed by atoms with Crippen molar-refractivity contribution in [2.24, 2.45) is 17.3 Å². The minimum Gasteiger partial charge on any atom is -0.339 e. The molecule has 0 bridgehead atoms. The summed E-state index contributed by atoms with van der Waals surface area (Å²) >= 11 is 0. The lowest BCUT2D eigenvalue weighted by Crippen LogP contribution is -2.34. The van der Waals surface area contributed by atoms with Crippen LogP contribution in [0.5, 0.6) is 0 Å². The van der Waals surface area contributed by atoms with Gasteiger partial charge in [-0.1, -0.05) is 90.8 Å². The van der Waals surface area contributed by atoms with Crippen LogP contribution >= 0.6 is 0 Å². The number of anilines is 2. The van der Waals surface area contributed by atoms with Crippen molar-refractivity contribution in [1.82, 2.24) is 9.97 Å². The minimum atomic E-state index is -0.00716. The summed E-state index contributed by atoms with van der Waals surface area (Å²) in [5.74, 6) is 2.05. The van der Waals surface area contributed by atoms with Crippen molar-refractivity contribution >= 4 is 11.5 Å². The average molecular weight is 486 g/mol. The molecule has 2 aliphatic rings. The number of nitrogens with one attached hydrogen (secondary N) is 1. The Balaban J connectivity index is 1.50. The van der Waals surface area contributed by atoms with E-state index in [1.54, 1.807) is 0 Å². The highest BCUT2D eigenvalue weighted by Crippen LogP contribution is 2.51. The van der Waals surface area contributed by atoms with Gasteiger partial charge in [0.25, 0.3) is 0 Å². The van der Waals surface area contributed by atoms with Crippen LogP contribution in [0.25, 0.3) is 0 Å². The number of allylic oxidation sites excluding steroid dienone is 2. The molecule has 1 aromatic heterocycles. The number of rotatable bonds is 5. The molecule has 36 heavy (non-hydrogen) atoms. The van der Waals surface area contributed by atoms with Gasteiger partial charge in [-0.3, -0.25) is 4.98 Å². The van der Waals surface area contributed by atoms with Crippen LogP contribution in [0.2, 0.25) is 0 Å². The van der Waals surface area contributed by atoms with Gasteiger partial charge in [-0.25, -0.2) is 4.98 Å². The first-order valence-electron chi connectivity index (χ1n) is 13.8. The molecule has 1 aromatic carbocycles. The van der Waals surface area contributed by atoms with Crippen LogP contribution < -0.4 is 5.32 Å². The van der Waals surface area contributed by atoms with Crippen molar-refractivity contribution in [3.05, 3.63) is 71.7 Å². The van der Waals surface area contributed by atoms with Crippen molar-refractivity contribution in [3.8, 4) is 0 Å². The fraction of sp³-hybridized carbons (Fsp3) is 0.576. The van der Waals surface area contributed by atoms with Gasteiger partial charge < -0.3 is 5.32 Å². The predicted molar refractivity (Wildman–Crippen MR) is 154 cm³/mol. The van der Waals surface area contributed by atoms with Crippen LogP contribution in [-0.4, -0.2) is 9.97 Å². The quantitative estimate of drug-likeness (QED) is 0.429. The molecule has 0 spiro atoms. The van der Waals surface area contributed by atoms with E-state index in [4.69, 9.17) is 0 Å². The van der Waals surface area contributed by atoms with Crippen molar-refractivity contribution < 1.29 is 0 Å². The maximum Gasteiger partial charge on any atom is 0.148 e. The first kappa shape index (κ1) is 26.6. The van der Waals surface area contributed by atoms with Crippen molar-refractivity contribution in [2.45, 2.75) is 104 Å². The average Bonchev–Trinajstić information content (AvgIpc) is 2.77. The molecule has 0 aliphatic heterocycles. The Labute approximate surface area is 219 Å². The van der Waals surface area contributed by atoms with Crippen LogP contribution in [0.1, 0.15) is 103 Å². The molecule has 2 saturated carbocycles. The molecular weight excluding hydrogens is 438 g/mol. The summed E-state index contributed by atoms with van der Waals surface area (Å²) in [5, 5.41) is 3.52. The van der Waals surface area contributed by atoms with E-state index in [2.05, 4.69) is 95.1 Å². The van der Waals surface area contributed by atoms with Gasteiger partial charge in [-0.2, -0.15) is 0 Å². The second-order valence-corrected chi connectivity index (χ2v) is 13.8. The number of benzene rings is 1. The van der Waals surface area contributed by atoms with E-state index in [0.29, 0.717) is 11.3 Å². The summed E-state index contributed by atoms with van der Waals surface area (Å²) in [6.07, 6.45) is 12.4. The molecule has 4 rings (SSSR count). The SMILES string of the molecule is C=C1CC(C)(c2cccc(Nc3cnc(C(C)(C)C)cn3)c2C)CC(=C)C1CC1CCCC(C)(C)C1. The van der Waals surface area contributed by atoms with E-state index < -0.39 is 0 Å². The van der Waals surface area contributed by atoms with Gasteiger partial charge in [0.05, 0.1) is 18.1 Å². The smallest absolute Gasteiger partial charge is 0.148 e. The molecule has 3 heteroatoms. The second-order valence-electron chi connectivity index (χ2n) is 13.8. The van der Waals surface area contributed by atoms with Gasteiger partial charge in [-0.05, 0) is 67.6 Å². The summed E-state index contributed by atoms with van der Waals surface area (Å²) in [6.45, 7) is 25.2. The molecule has 0 radical (unpaired) electrons. The molecule has 1 N–H and O–H groups in total. The van der Waals surface area contributed by atoms with Gasteiger partial charge in [-0.15, -0.1) is 0 Å². The maximum atomic E-state index is 4.64. The van der Waals surface area contributed by atoms with Crippen LogP contribution in [0.15, 0.2) is 54.9 Å². The van der Waals surface area contributed by atoms with Crippen LogP contribution in [0, 0.1) is 24.2 Å². The molecule has 1 heterocycles. The van der Waals surface area contributed by atoms with Crippen LogP contribution in [-0.2, 0) is 10.8 Å². The van der Waals surface area contributed by atoms with Gasteiger partial charge in [0.1, 0.15) is 5.82 Å². The number of nitrogens with zero attached hydrogens (tertiary/aromatic N) is 2.